The summed E-state index contributed by atoms with van der Waals surface area (Å²) in [5, 5.41) is 6.59. The van der Waals surface area contributed by atoms with Crippen LogP contribution in [0.5, 0.6) is 5.75 Å². The van der Waals surface area contributed by atoms with Crippen molar-refractivity contribution in [2.45, 2.75) is 31.5 Å². The van der Waals surface area contributed by atoms with Gasteiger partial charge in [0, 0.05) is 17.8 Å². The summed E-state index contributed by atoms with van der Waals surface area (Å²) in [7, 11) is 1.56. The SMILES string of the molecule is COc1cccc(-c2noc(C3CCCCN3C(=O)Nc3cccc(C(F)(F)F)c3)n2)c1. The zero-order valence-corrected chi connectivity index (χ0v) is 17.2. The fraction of sp³-hybridized carbons (Fsp3) is 0.318. The summed E-state index contributed by atoms with van der Waals surface area (Å²) in [4.78, 5) is 18.9. The molecule has 1 aromatic heterocycles. The molecule has 1 atom stereocenters. The third kappa shape index (κ3) is 4.68. The van der Waals surface area contributed by atoms with Gasteiger partial charge >= 0.3 is 12.2 Å². The summed E-state index contributed by atoms with van der Waals surface area (Å²) in [6.45, 7) is 0.423. The molecule has 168 valence electrons. The van der Waals surface area contributed by atoms with Crippen molar-refractivity contribution in [3.63, 3.8) is 0 Å². The molecule has 10 heteroatoms. The molecule has 1 aliphatic rings. The summed E-state index contributed by atoms with van der Waals surface area (Å²) in [6.07, 6.45) is -2.26. The summed E-state index contributed by atoms with van der Waals surface area (Å²) in [5.41, 5.74) is -0.0581. The molecule has 0 bridgehead atoms. The molecule has 2 amide bonds. The highest BCUT2D eigenvalue weighted by molar-refractivity contribution is 5.89. The van der Waals surface area contributed by atoms with E-state index in [1.165, 1.54) is 17.0 Å². The molecule has 2 heterocycles. The maximum Gasteiger partial charge on any atom is 0.416 e. The fourth-order valence-corrected chi connectivity index (χ4v) is 3.65. The third-order valence-electron chi connectivity index (χ3n) is 5.26. The first-order valence-corrected chi connectivity index (χ1v) is 10.1. The van der Waals surface area contributed by atoms with Gasteiger partial charge in [-0.2, -0.15) is 18.2 Å². The zero-order chi connectivity index (χ0) is 22.7. The molecule has 0 saturated carbocycles. The molecule has 2 aromatic carbocycles. The number of urea groups is 1. The number of amides is 2. The first kappa shape index (κ1) is 21.7. The average Bonchev–Trinajstić information content (AvgIpc) is 3.29. The van der Waals surface area contributed by atoms with Gasteiger partial charge in [0.05, 0.1) is 12.7 Å². The van der Waals surface area contributed by atoms with Gasteiger partial charge in [0.25, 0.3) is 0 Å². The van der Waals surface area contributed by atoms with E-state index in [-0.39, 0.29) is 11.6 Å². The number of carbonyl (C=O) groups is 1. The van der Waals surface area contributed by atoms with E-state index < -0.39 is 23.8 Å². The number of halogens is 3. The van der Waals surface area contributed by atoms with Crippen molar-refractivity contribution >= 4 is 11.7 Å². The van der Waals surface area contributed by atoms with Gasteiger partial charge in [-0.3, -0.25) is 0 Å². The average molecular weight is 446 g/mol. The molecule has 32 heavy (non-hydrogen) atoms. The second kappa shape index (κ2) is 8.89. The van der Waals surface area contributed by atoms with Crippen molar-refractivity contribution in [2.75, 3.05) is 19.0 Å². The van der Waals surface area contributed by atoms with Gasteiger partial charge in [0.1, 0.15) is 11.8 Å². The van der Waals surface area contributed by atoms with Crippen molar-refractivity contribution in [1.29, 1.82) is 0 Å². The number of piperidine rings is 1. The van der Waals surface area contributed by atoms with Crippen molar-refractivity contribution < 1.29 is 27.2 Å². The molecule has 3 aromatic rings. The normalized spacial score (nSPS) is 16.6. The lowest BCUT2D eigenvalue weighted by atomic mass is 10.0. The molecule has 0 aliphatic carbocycles. The largest absolute Gasteiger partial charge is 0.497 e. The number of methoxy groups -OCH3 is 1. The number of hydrogen-bond donors (Lipinski definition) is 1. The molecule has 0 radical (unpaired) electrons. The Kier molecular flexibility index (Phi) is 6.02. The first-order valence-electron chi connectivity index (χ1n) is 10.1. The second-order valence-electron chi connectivity index (χ2n) is 7.40. The Hall–Kier alpha value is -3.56. The van der Waals surface area contributed by atoms with Crippen LogP contribution >= 0.6 is 0 Å². The smallest absolute Gasteiger partial charge is 0.416 e. The summed E-state index contributed by atoms with van der Waals surface area (Å²) in [5.74, 6) is 1.29. The maximum absolute atomic E-state index is 13.0. The van der Waals surface area contributed by atoms with Gasteiger partial charge < -0.3 is 19.5 Å². The number of carbonyl (C=O) groups excluding carboxylic acids is 1. The van der Waals surface area contributed by atoms with Crippen LogP contribution in [0.25, 0.3) is 11.4 Å². The van der Waals surface area contributed by atoms with E-state index in [9.17, 15) is 18.0 Å². The molecular weight excluding hydrogens is 425 g/mol. The van der Waals surface area contributed by atoms with E-state index in [1.807, 2.05) is 6.07 Å². The standard InChI is InChI=1S/C22H21F3N4O3/c1-31-17-9-4-6-14(12-17)19-27-20(32-28-19)18-10-2-3-11-29(18)21(30)26-16-8-5-7-15(13-16)22(23,24)25/h4-9,12-13,18H,2-3,10-11H2,1H3,(H,26,30). The predicted octanol–water partition coefficient (Wildman–Crippen LogP) is 5.52. The molecule has 7 nitrogen and oxygen atoms in total. The van der Waals surface area contributed by atoms with Gasteiger partial charge in [-0.25, -0.2) is 4.79 Å². The van der Waals surface area contributed by atoms with Crippen molar-refractivity contribution in [2.24, 2.45) is 0 Å². The summed E-state index contributed by atoms with van der Waals surface area (Å²) in [6, 6.07) is 10.7. The molecule has 1 aliphatic heterocycles. The topological polar surface area (TPSA) is 80.5 Å². The number of ether oxygens (including phenoxy) is 1. The lowest BCUT2D eigenvalue weighted by Crippen LogP contribution is -2.41. The van der Waals surface area contributed by atoms with Crippen LogP contribution in [0.2, 0.25) is 0 Å². The molecule has 1 saturated heterocycles. The molecule has 4 rings (SSSR count). The highest BCUT2D eigenvalue weighted by atomic mass is 19.4. The number of nitrogens with zero attached hydrogens (tertiary/aromatic N) is 3. The van der Waals surface area contributed by atoms with Crippen LogP contribution in [0.1, 0.15) is 36.8 Å². The molecule has 1 fully saturated rings. The van der Waals surface area contributed by atoms with E-state index in [2.05, 4.69) is 15.5 Å². The van der Waals surface area contributed by atoms with Gasteiger partial charge in [0.2, 0.25) is 11.7 Å². The number of anilines is 1. The number of likely N-dealkylation sites (tertiary alicyclic amines) is 1. The van der Waals surface area contributed by atoms with Crippen molar-refractivity contribution in [3.8, 4) is 17.1 Å². The van der Waals surface area contributed by atoms with E-state index in [4.69, 9.17) is 9.26 Å². The highest BCUT2D eigenvalue weighted by Crippen LogP contribution is 2.33. The lowest BCUT2D eigenvalue weighted by molar-refractivity contribution is -0.137. The van der Waals surface area contributed by atoms with Crippen LogP contribution < -0.4 is 10.1 Å². The number of alkyl halides is 3. The Morgan fingerprint density at radius 2 is 2.00 bits per heavy atom. The van der Waals surface area contributed by atoms with E-state index in [0.717, 1.165) is 25.0 Å². The fourth-order valence-electron chi connectivity index (χ4n) is 3.65. The quantitative estimate of drug-likeness (QED) is 0.571. The van der Waals surface area contributed by atoms with Crippen LogP contribution in [0, 0.1) is 0 Å². The maximum atomic E-state index is 13.0. The monoisotopic (exact) mass is 446 g/mol. The van der Waals surface area contributed by atoms with Crippen LogP contribution in [-0.4, -0.2) is 34.7 Å². The Morgan fingerprint density at radius 3 is 2.78 bits per heavy atom. The second-order valence-corrected chi connectivity index (χ2v) is 7.40. The Bertz CT molecular complexity index is 1100. The van der Waals surface area contributed by atoms with E-state index >= 15 is 0 Å². The third-order valence-corrected chi connectivity index (χ3v) is 5.26. The number of benzene rings is 2. The molecular formula is C22H21F3N4O3. The van der Waals surface area contributed by atoms with Crippen LogP contribution in [0.15, 0.2) is 53.1 Å². The van der Waals surface area contributed by atoms with E-state index in [1.54, 1.807) is 25.3 Å². The Balaban J connectivity index is 1.53. The van der Waals surface area contributed by atoms with Gasteiger partial charge in [-0.05, 0) is 49.6 Å². The van der Waals surface area contributed by atoms with Gasteiger partial charge in [-0.15, -0.1) is 0 Å². The van der Waals surface area contributed by atoms with Crippen LogP contribution in [0.4, 0.5) is 23.7 Å². The highest BCUT2D eigenvalue weighted by Gasteiger charge is 2.33. The Morgan fingerprint density at radius 1 is 1.19 bits per heavy atom. The molecule has 1 N–H and O–H groups in total. The number of rotatable bonds is 4. The number of aromatic nitrogens is 2. The minimum Gasteiger partial charge on any atom is -0.497 e. The Labute approximate surface area is 182 Å². The first-order chi connectivity index (χ1) is 15.3. The van der Waals surface area contributed by atoms with Crippen molar-refractivity contribution in [3.05, 3.63) is 60.0 Å². The van der Waals surface area contributed by atoms with Crippen LogP contribution in [0.3, 0.4) is 0 Å². The van der Waals surface area contributed by atoms with Gasteiger partial charge in [-0.1, -0.05) is 23.4 Å². The zero-order valence-electron chi connectivity index (χ0n) is 17.2. The molecule has 1 unspecified atom stereocenters. The number of hydrogen-bond acceptors (Lipinski definition) is 5. The minimum absolute atomic E-state index is 0.0664. The van der Waals surface area contributed by atoms with Crippen LogP contribution in [-0.2, 0) is 6.18 Å². The molecule has 0 spiro atoms. The number of nitrogens with one attached hydrogen (secondary N) is 1. The summed E-state index contributed by atoms with van der Waals surface area (Å²) >= 11 is 0. The van der Waals surface area contributed by atoms with Gasteiger partial charge in [0.15, 0.2) is 0 Å². The minimum atomic E-state index is -4.49. The van der Waals surface area contributed by atoms with E-state index in [0.29, 0.717) is 30.1 Å². The lowest BCUT2D eigenvalue weighted by Gasteiger charge is -2.33. The predicted molar refractivity (Wildman–Crippen MR) is 110 cm³/mol. The summed E-state index contributed by atoms with van der Waals surface area (Å²) < 4.78 is 49.6. The van der Waals surface area contributed by atoms with Crippen molar-refractivity contribution in [1.82, 2.24) is 15.0 Å².